The van der Waals surface area contributed by atoms with Gasteiger partial charge in [-0.25, -0.2) is 0 Å². The smallest absolute Gasteiger partial charge is 0.00905 e. The van der Waals surface area contributed by atoms with Crippen molar-refractivity contribution >= 4 is 0 Å². The van der Waals surface area contributed by atoms with Crippen molar-refractivity contribution in [1.82, 2.24) is 5.32 Å². The third-order valence-corrected chi connectivity index (χ3v) is 3.49. The van der Waals surface area contributed by atoms with Crippen LogP contribution < -0.4 is 5.32 Å². The summed E-state index contributed by atoms with van der Waals surface area (Å²) in [6, 6.07) is 0.807. The zero-order chi connectivity index (χ0) is 7.90. The molecule has 2 aliphatic rings. The maximum Gasteiger partial charge on any atom is 0.00905 e. The molecule has 1 atom stereocenters. The third-order valence-electron chi connectivity index (χ3n) is 3.49. The van der Waals surface area contributed by atoms with E-state index in [9.17, 15) is 0 Å². The molecule has 1 spiro atoms. The van der Waals surface area contributed by atoms with Crippen molar-refractivity contribution in [3.8, 4) is 0 Å². The van der Waals surface area contributed by atoms with Crippen LogP contribution in [-0.4, -0.2) is 12.6 Å². The molecule has 64 valence electrons. The first-order valence-corrected chi connectivity index (χ1v) is 4.95. The number of piperidine rings is 1. The van der Waals surface area contributed by atoms with Crippen LogP contribution in [0.1, 0.15) is 39.5 Å². The van der Waals surface area contributed by atoms with Gasteiger partial charge in [0.05, 0.1) is 0 Å². The Morgan fingerprint density at radius 3 is 2.36 bits per heavy atom. The lowest BCUT2D eigenvalue weighted by Crippen LogP contribution is -2.42. The summed E-state index contributed by atoms with van der Waals surface area (Å²) in [7, 11) is 0. The van der Waals surface area contributed by atoms with Crippen LogP contribution in [0, 0.1) is 11.3 Å². The Morgan fingerprint density at radius 2 is 2.00 bits per heavy atom. The van der Waals surface area contributed by atoms with Gasteiger partial charge >= 0.3 is 0 Å². The monoisotopic (exact) mass is 153 g/mol. The standard InChI is InChI=1S/C10H19N/c1-8(2)9-3-4-10(5-6-10)7-11-9/h8-9,11H,3-7H2,1-2H3. The fraction of sp³-hybridized carbons (Fsp3) is 1.00. The topological polar surface area (TPSA) is 12.0 Å². The predicted octanol–water partition coefficient (Wildman–Crippen LogP) is 2.17. The molecule has 1 nitrogen and oxygen atoms in total. The molecular formula is C10H19N. The van der Waals surface area contributed by atoms with Crippen molar-refractivity contribution < 1.29 is 0 Å². The molecule has 0 aromatic rings. The highest BCUT2D eigenvalue weighted by Crippen LogP contribution is 2.51. The number of nitrogens with one attached hydrogen (secondary N) is 1. The molecule has 1 heterocycles. The van der Waals surface area contributed by atoms with Crippen LogP contribution in [0.4, 0.5) is 0 Å². The molecule has 0 bridgehead atoms. The van der Waals surface area contributed by atoms with Crippen molar-refractivity contribution in [2.24, 2.45) is 11.3 Å². The van der Waals surface area contributed by atoms with E-state index in [1.807, 2.05) is 0 Å². The van der Waals surface area contributed by atoms with Crippen molar-refractivity contribution in [2.75, 3.05) is 6.54 Å². The van der Waals surface area contributed by atoms with Gasteiger partial charge in [-0.1, -0.05) is 13.8 Å². The fourth-order valence-electron chi connectivity index (χ4n) is 2.17. The maximum absolute atomic E-state index is 3.67. The molecule has 0 aromatic heterocycles. The molecule has 11 heavy (non-hydrogen) atoms. The molecule has 0 aromatic carbocycles. The summed E-state index contributed by atoms with van der Waals surface area (Å²) in [5.41, 5.74) is 0.783. The molecule has 2 rings (SSSR count). The third kappa shape index (κ3) is 1.44. The van der Waals surface area contributed by atoms with Crippen LogP contribution in [0.5, 0.6) is 0 Å². The van der Waals surface area contributed by atoms with Gasteiger partial charge in [0, 0.05) is 12.6 Å². The normalized spacial score (nSPS) is 34.6. The Kier molecular flexibility index (Phi) is 1.71. The first-order valence-electron chi connectivity index (χ1n) is 4.95. The predicted molar refractivity (Wildman–Crippen MR) is 47.5 cm³/mol. The Hall–Kier alpha value is -0.0400. The Bertz CT molecular complexity index is 137. The average Bonchev–Trinajstić information content (AvgIpc) is 2.70. The van der Waals surface area contributed by atoms with E-state index in [1.165, 1.54) is 32.2 Å². The minimum Gasteiger partial charge on any atom is -0.313 e. The zero-order valence-electron chi connectivity index (χ0n) is 7.69. The average molecular weight is 153 g/mol. The summed E-state index contributed by atoms with van der Waals surface area (Å²) in [4.78, 5) is 0. The van der Waals surface area contributed by atoms with E-state index in [4.69, 9.17) is 0 Å². The van der Waals surface area contributed by atoms with Crippen molar-refractivity contribution in [1.29, 1.82) is 0 Å². The Balaban J connectivity index is 1.84. The lowest BCUT2D eigenvalue weighted by atomic mass is 9.87. The highest BCUT2D eigenvalue weighted by atomic mass is 15.0. The van der Waals surface area contributed by atoms with E-state index in [2.05, 4.69) is 19.2 Å². The van der Waals surface area contributed by atoms with Gasteiger partial charge in [-0.2, -0.15) is 0 Å². The van der Waals surface area contributed by atoms with Crippen LogP contribution in [0.15, 0.2) is 0 Å². The summed E-state index contributed by atoms with van der Waals surface area (Å²) >= 11 is 0. The van der Waals surface area contributed by atoms with Gasteiger partial charge in [-0.3, -0.25) is 0 Å². The highest BCUT2D eigenvalue weighted by molar-refractivity contribution is 4.99. The molecule has 1 N–H and O–H groups in total. The minimum absolute atomic E-state index is 0.783. The van der Waals surface area contributed by atoms with E-state index >= 15 is 0 Å². The second kappa shape index (κ2) is 2.48. The van der Waals surface area contributed by atoms with Gasteiger partial charge in [0.15, 0.2) is 0 Å². The SMILES string of the molecule is CC(C)C1CCC2(CC2)CN1. The van der Waals surface area contributed by atoms with Crippen LogP contribution in [0.25, 0.3) is 0 Å². The van der Waals surface area contributed by atoms with Gasteiger partial charge in [-0.05, 0) is 37.0 Å². The van der Waals surface area contributed by atoms with E-state index in [-0.39, 0.29) is 0 Å². The van der Waals surface area contributed by atoms with Crippen LogP contribution in [-0.2, 0) is 0 Å². The van der Waals surface area contributed by atoms with Gasteiger partial charge in [0.25, 0.3) is 0 Å². The molecule has 1 saturated heterocycles. The summed E-state index contributed by atoms with van der Waals surface area (Å²) in [5, 5.41) is 3.67. The lowest BCUT2D eigenvalue weighted by Gasteiger charge is -2.32. The van der Waals surface area contributed by atoms with E-state index < -0.39 is 0 Å². The number of rotatable bonds is 1. The van der Waals surface area contributed by atoms with E-state index in [1.54, 1.807) is 0 Å². The van der Waals surface area contributed by atoms with E-state index in [0.29, 0.717) is 0 Å². The summed E-state index contributed by atoms with van der Waals surface area (Å²) in [6.07, 6.45) is 5.89. The van der Waals surface area contributed by atoms with E-state index in [0.717, 1.165) is 17.4 Å². The van der Waals surface area contributed by atoms with Crippen LogP contribution in [0.2, 0.25) is 0 Å². The van der Waals surface area contributed by atoms with Crippen LogP contribution >= 0.6 is 0 Å². The lowest BCUT2D eigenvalue weighted by molar-refractivity contribution is 0.251. The minimum atomic E-state index is 0.783. The highest BCUT2D eigenvalue weighted by Gasteiger charge is 2.44. The second-order valence-corrected chi connectivity index (χ2v) is 4.77. The first-order chi connectivity index (χ1) is 5.22. The van der Waals surface area contributed by atoms with Crippen molar-refractivity contribution in [3.63, 3.8) is 0 Å². The molecule has 1 saturated carbocycles. The summed E-state index contributed by atoms with van der Waals surface area (Å²) in [6.45, 7) is 5.95. The molecule has 0 amide bonds. The quantitative estimate of drug-likeness (QED) is 0.609. The maximum atomic E-state index is 3.67. The first kappa shape index (κ1) is 7.60. The fourth-order valence-corrected chi connectivity index (χ4v) is 2.17. The molecule has 1 aliphatic carbocycles. The molecule has 1 heteroatoms. The molecule has 1 unspecified atom stereocenters. The zero-order valence-corrected chi connectivity index (χ0v) is 7.69. The van der Waals surface area contributed by atoms with Crippen LogP contribution in [0.3, 0.4) is 0 Å². The molecule has 2 fully saturated rings. The second-order valence-electron chi connectivity index (χ2n) is 4.77. The Morgan fingerprint density at radius 1 is 1.27 bits per heavy atom. The number of hydrogen-bond acceptors (Lipinski definition) is 1. The summed E-state index contributed by atoms with van der Waals surface area (Å²) in [5.74, 6) is 0.825. The van der Waals surface area contributed by atoms with Crippen molar-refractivity contribution in [2.45, 2.75) is 45.6 Å². The van der Waals surface area contributed by atoms with Gasteiger partial charge in [-0.15, -0.1) is 0 Å². The molecule has 0 radical (unpaired) electrons. The largest absolute Gasteiger partial charge is 0.313 e. The molecule has 1 aliphatic heterocycles. The van der Waals surface area contributed by atoms with Crippen molar-refractivity contribution in [3.05, 3.63) is 0 Å². The number of hydrogen-bond donors (Lipinski definition) is 1. The van der Waals surface area contributed by atoms with Gasteiger partial charge in [0.1, 0.15) is 0 Å². The van der Waals surface area contributed by atoms with Gasteiger partial charge in [0.2, 0.25) is 0 Å². The molecular weight excluding hydrogens is 134 g/mol. The summed E-state index contributed by atoms with van der Waals surface area (Å²) < 4.78 is 0. The Labute approximate surface area is 69.6 Å². The van der Waals surface area contributed by atoms with Gasteiger partial charge < -0.3 is 5.32 Å².